The lowest BCUT2D eigenvalue weighted by Crippen LogP contribution is -2.42. The van der Waals surface area contributed by atoms with Crippen LogP contribution in [0.1, 0.15) is 17.5 Å². The smallest absolute Gasteiger partial charge is 0.326 e. The van der Waals surface area contributed by atoms with E-state index in [1.807, 2.05) is 30.3 Å². The molecule has 0 aliphatic heterocycles. The summed E-state index contributed by atoms with van der Waals surface area (Å²) in [6, 6.07) is 15.6. The molecule has 2 N–H and O–H groups in total. The van der Waals surface area contributed by atoms with Crippen molar-refractivity contribution in [2.45, 2.75) is 25.3 Å². The van der Waals surface area contributed by atoms with E-state index in [0.29, 0.717) is 11.4 Å². The summed E-state index contributed by atoms with van der Waals surface area (Å²) in [5.74, 6) is -1.33. The molecule has 23 heavy (non-hydrogen) atoms. The molecule has 5 heteroatoms. The van der Waals surface area contributed by atoms with Crippen LogP contribution in [0.2, 0.25) is 5.02 Å². The number of halogens is 1. The van der Waals surface area contributed by atoms with Crippen LogP contribution in [0, 0.1) is 0 Å². The van der Waals surface area contributed by atoms with Crippen molar-refractivity contribution in [3.05, 3.63) is 70.7 Å². The zero-order chi connectivity index (χ0) is 16.7. The molecular weight excluding hydrogens is 314 g/mol. The minimum absolute atomic E-state index is 0.201. The van der Waals surface area contributed by atoms with E-state index >= 15 is 0 Å². The number of aliphatic carboxylic acids is 1. The lowest BCUT2D eigenvalue weighted by Gasteiger charge is -2.15. The molecule has 1 amide bonds. The second-order valence-corrected chi connectivity index (χ2v) is 5.71. The minimum atomic E-state index is -1.06. The maximum absolute atomic E-state index is 12.0. The van der Waals surface area contributed by atoms with Crippen LogP contribution >= 0.6 is 11.6 Å². The Morgan fingerprint density at radius 1 is 1.04 bits per heavy atom. The highest BCUT2D eigenvalue weighted by Crippen LogP contribution is 2.12. The van der Waals surface area contributed by atoms with Crippen LogP contribution in [0.15, 0.2) is 54.6 Å². The van der Waals surface area contributed by atoms with Crippen LogP contribution in [0.4, 0.5) is 0 Å². The molecule has 2 rings (SSSR count). The van der Waals surface area contributed by atoms with Crippen LogP contribution < -0.4 is 5.32 Å². The molecule has 0 bridgehead atoms. The van der Waals surface area contributed by atoms with Crippen LogP contribution in [-0.2, 0) is 22.4 Å². The van der Waals surface area contributed by atoms with E-state index in [4.69, 9.17) is 11.6 Å². The SMILES string of the molecule is O=C(CCc1ccccc1)N[C@@H](Cc1cccc(Cl)c1)C(=O)O. The number of rotatable bonds is 7. The van der Waals surface area contributed by atoms with E-state index in [9.17, 15) is 14.7 Å². The highest BCUT2D eigenvalue weighted by molar-refractivity contribution is 6.30. The molecule has 0 saturated heterocycles. The first-order valence-electron chi connectivity index (χ1n) is 7.35. The summed E-state index contributed by atoms with van der Waals surface area (Å²) in [5, 5.41) is 12.4. The summed E-state index contributed by atoms with van der Waals surface area (Å²) in [6.07, 6.45) is 1.03. The van der Waals surface area contributed by atoms with Gasteiger partial charge in [-0.05, 0) is 29.7 Å². The predicted octanol–water partition coefficient (Wildman–Crippen LogP) is 3.08. The van der Waals surface area contributed by atoms with Crippen LogP contribution in [0.25, 0.3) is 0 Å². The number of amides is 1. The van der Waals surface area contributed by atoms with Gasteiger partial charge < -0.3 is 10.4 Å². The Labute approximate surface area is 140 Å². The number of carboxylic acids is 1. The zero-order valence-corrected chi connectivity index (χ0v) is 13.3. The third-order valence-corrected chi connectivity index (χ3v) is 3.68. The van der Waals surface area contributed by atoms with Crippen LogP contribution in [-0.4, -0.2) is 23.0 Å². The Morgan fingerprint density at radius 3 is 2.39 bits per heavy atom. The number of nitrogens with one attached hydrogen (secondary N) is 1. The second kappa shape index (κ2) is 8.34. The molecule has 2 aromatic carbocycles. The Balaban J connectivity index is 1.91. The summed E-state index contributed by atoms with van der Waals surface area (Å²) >= 11 is 5.90. The normalized spacial score (nSPS) is 11.7. The average molecular weight is 332 g/mol. The van der Waals surface area contributed by atoms with Gasteiger partial charge in [0, 0.05) is 17.9 Å². The number of carbonyl (C=O) groups excluding carboxylic acids is 1. The van der Waals surface area contributed by atoms with Crippen molar-refractivity contribution in [1.29, 1.82) is 0 Å². The maximum Gasteiger partial charge on any atom is 0.326 e. The van der Waals surface area contributed by atoms with E-state index in [1.54, 1.807) is 24.3 Å². The van der Waals surface area contributed by atoms with E-state index in [-0.39, 0.29) is 18.7 Å². The number of hydrogen-bond acceptors (Lipinski definition) is 2. The number of carboxylic acid groups (broad SMARTS) is 1. The molecule has 4 nitrogen and oxygen atoms in total. The first-order chi connectivity index (χ1) is 11.0. The zero-order valence-electron chi connectivity index (χ0n) is 12.5. The molecule has 0 heterocycles. The third kappa shape index (κ3) is 5.75. The van der Waals surface area contributed by atoms with Gasteiger partial charge in [-0.25, -0.2) is 4.79 Å². The molecular formula is C18H18ClNO3. The standard InChI is InChI=1S/C18H18ClNO3/c19-15-8-4-7-14(11-15)12-16(18(22)23)20-17(21)10-9-13-5-2-1-3-6-13/h1-8,11,16H,9-10,12H2,(H,20,21)(H,22,23)/t16-/m0/s1. The maximum atomic E-state index is 12.0. The van der Waals surface area contributed by atoms with Gasteiger partial charge in [0.05, 0.1) is 0 Å². The van der Waals surface area contributed by atoms with Gasteiger partial charge in [0.25, 0.3) is 0 Å². The molecule has 0 spiro atoms. The summed E-state index contributed by atoms with van der Waals surface area (Å²) in [4.78, 5) is 23.3. The summed E-state index contributed by atoms with van der Waals surface area (Å²) in [6.45, 7) is 0. The number of benzene rings is 2. The molecule has 0 aromatic heterocycles. The van der Waals surface area contributed by atoms with Crippen molar-refractivity contribution in [3.8, 4) is 0 Å². The molecule has 1 atom stereocenters. The Morgan fingerprint density at radius 2 is 1.74 bits per heavy atom. The van der Waals surface area contributed by atoms with Gasteiger partial charge in [0.1, 0.15) is 6.04 Å². The second-order valence-electron chi connectivity index (χ2n) is 5.28. The van der Waals surface area contributed by atoms with Crippen molar-refractivity contribution in [1.82, 2.24) is 5.32 Å². The van der Waals surface area contributed by atoms with Gasteiger partial charge >= 0.3 is 5.97 Å². The van der Waals surface area contributed by atoms with Crippen molar-refractivity contribution >= 4 is 23.5 Å². The topological polar surface area (TPSA) is 66.4 Å². The van der Waals surface area contributed by atoms with Crippen molar-refractivity contribution in [2.75, 3.05) is 0 Å². The first-order valence-corrected chi connectivity index (χ1v) is 7.73. The summed E-state index contributed by atoms with van der Waals surface area (Å²) in [7, 11) is 0. The first kappa shape index (κ1) is 17.0. The number of hydrogen-bond donors (Lipinski definition) is 2. The van der Waals surface area contributed by atoms with Gasteiger partial charge in [0.2, 0.25) is 5.91 Å². The van der Waals surface area contributed by atoms with Gasteiger partial charge in [0.15, 0.2) is 0 Å². The number of aryl methyl sites for hydroxylation is 1. The van der Waals surface area contributed by atoms with Crippen molar-refractivity contribution < 1.29 is 14.7 Å². The van der Waals surface area contributed by atoms with Crippen LogP contribution in [0.3, 0.4) is 0 Å². The monoisotopic (exact) mass is 331 g/mol. The van der Waals surface area contributed by atoms with Crippen molar-refractivity contribution in [3.63, 3.8) is 0 Å². The predicted molar refractivity (Wildman–Crippen MR) is 89.5 cm³/mol. The highest BCUT2D eigenvalue weighted by Gasteiger charge is 2.20. The third-order valence-electron chi connectivity index (χ3n) is 3.45. The lowest BCUT2D eigenvalue weighted by atomic mass is 10.1. The molecule has 0 radical (unpaired) electrons. The fraction of sp³-hybridized carbons (Fsp3) is 0.222. The molecule has 0 aliphatic carbocycles. The minimum Gasteiger partial charge on any atom is -0.480 e. The molecule has 0 unspecified atom stereocenters. The largest absolute Gasteiger partial charge is 0.480 e. The highest BCUT2D eigenvalue weighted by atomic mass is 35.5. The quantitative estimate of drug-likeness (QED) is 0.819. The van der Waals surface area contributed by atoms with Gasteiger partial charge in [-0.1, -0.05) is 54.1 Å². The molecule has 0 fully saturated rings. The fourth-order valence-corrected chi connectivity index (χ4v) is 2.48. The molecule has 120 valence electrons. The van der Waals surface area contributed by atoms with E-state index in [2.05, 4.69) is 5.32 Å². The molecule has 0 saturated carbocycles. The average Bonchev–Trinajstić information content (AvgIpc) is 2.53. The molecule has 0 aliphatic rings. The molecule has 2 aromatic rings. The van der Waals surface area contributed by atoms with Gasteiger partial charge in [-0.3, -0.25) is 4.79 Å². The summed E-state index contributed by atoms with van der Waals surface area (Å²) in [5.41, 5.74) is 1.82. The van der Waals surface area contributed by atoms with Gasteiger partial charge in [-0.2, -0.15) is 0 Å². The number of carbonyl (C=O) groups is 2. The summed E-state index contributed by atoms with van der Waals surface area (Å²) < 4.78 is 0. The van der Waals surface area contributed by atoms with E-state index < -0.39 is 12.0 Å². The Bertz CT molecular complexity index is 673. The van der Waals surface area contributed by atoms with Gasteiger partial charge in [-0.15, -0.1) is 0 Å². The van der Waals surface area contributed by atoms with E-state index in [1.165, 1.54) is 0 Å². The Kier molecular flexibility index (Phi) is 6.18. The lowest BCUT2D eigenvalue weighted by molar-refractivity contribution is -0.141. The van der Waals surface area contributed by atoms with E-state index in [0.717, 1.165) is 11.1 Å². The Hall–Kier alpha value is -2.33. The van der Waals surface area contributed by atoms with Crippen molar-refractivity contribution in [2.24, 2.45) is 0 Å². The fourth-order valence-electron chi connectivity index (χ4n) is 2.27. The van der Waals surface area contributed by atoms with Crippen LogP contribution in [0.5, 0.6) is 0 Å².